The Bertz CT molecular complexity index is 1270. The standard InChI is InChI=1S/C27H32N2O4S/c1-6-15-34(31,32)29(24-13-8-20(3)21(4)17-24)18-22-9-11-23(12-10-22)27(30)28-25-16-19(2)7-14-26(25)33-5/h7-14,16-17H,6,15,18H2,1-5H3,(H,28,30). The lowest BCUT2D eigenvalue weighted by atomic mass is 10.1. The molecule has 3 aromatic rings. The van der Waals surface area contributed by atoms with Gasteiger partial charge in [-0.2, -0.15) is 0 Å². The molecule has 1 amide bonds. The van der Waals surface area contributed by atoms with Gasteiger partial charge < -0.3 is 10.1 Å². The van der Waals surface area contributed by atoms with Gasteiger partial charge in [0.25, 0.3) is 5.91 Å². The maximum Gasteiger partial charge on any atom is 0.255 e. The van der Waals surface area contributed by atoms with E-state index < -0.39 is 10.0 Å². The molecule has 6 nitrogen and oxygen atoms in total. The molecule has 0 fully saturated rings. The molecule has 0 saturated carbocycles. The molecule has 0 atom stereocenters. The van der Waals surface area contributed by atoms with Crippen molar-refractivity contribution >= 4 is 27.3 Å². The molecule has 0 aliphatic heterocycles. The molecule has 1 N–H and O–H groups in total. The van der Waals surface area contributed by atoms with Gasteiger partial charge in [0.2, 0.25) is 10.0 Å². The number of nitrogens with zero attached hydrogens (tertiary/aromatic N) is 1. The molecule has 0 heterocycles. The topological polar surface area (TPSA) is 75.7 Å². The number of sulfonamides is 1. The minimum atomic E-state index is -3.49. The van der Waals surface area contributed by atoms with Gasteiger partial charge in [-0.3, -0.25) is 9.10 Å². The maximum atomic E-state index is 13.0. The second-order valence-corrected chi connectivity index (χ2v) is 10.5. The van der Waals surface area contributed by atoms with Crippen molar-refractivity contribution in [1.29, 1.82) is 0 Å². The predicted octanol–water partition coefficient (Wildman–Crippen LogP) is 5.62. The van der Waals surface area contributed by atoms with Gasteiger partial charge in [-0.25, -0.2) is 8.42 Å². The van der Waals surface area contributed by atoms with Crippen LogP contribution in [0, 0.1) is 20.8 Å². The predicted molar refractivity (Wildman–Crippen MR) is 138 cm³/mol. The lowest BCUT2D eigenvalue weighted by Crippen LogP contribution is -2.32. The van der Waals surface area contributed by atoms with Crippen LogP contribution in [0.2, 0.25) is 0 Å². The van der Waals surface area contributed by atoms with Crippen molar-refractivity contribution in [2.24, 2.45) is 0 Å². The third kappa shape index (κ3) is 5.97. The van der Waals surface area contributed by atoms with Gasteiger partial charge >= 0.3 is 0 Å². The number of hydrogen-bond donors (Lipinski definition) is 1. The van der Waals surface area contributed by atoms with Crippen molar-refractivity contribution in [3.8, 4) is 5.75 Å². The van der Waals surface area contributed by atoms with E-state index in [9.17, 15) is 13.2 Å². The number of carbonyl (C=O) groups excluding carboxylic acids is 1. The Hall–Kier alpha value is -3.32. The van der Waals surface area contributed by atoms with Crippen molar-refractivity contribution < 1.29 is 17.9 Å². The molecule has 7 heteroatoms. The highest BCUT2D eigenvalue weighted by Crippen LogP contribution is 2.27. The summed E-state index contributed by atoms with van der Waals surface area (Å²) in [5, 5.41) is 2.89. The number of benzene rings is 3. The Labute approximate surface area is 202 Å². The number of amides is 1. The van der Waals surface area contributed by atoms with Gasteiger partial charge in [-0.05, 0) is 85.8 Å². The van der Waals surface area contributed by atoms with Crippen LogP contribution in [0.5, 0.6) is 5.75 Å². The summed E-state index contributed by atoms with van der Waals surface area (Å²) in [7, 11) is -1.93. The Kier molecular flexibility index (Phi) is 7.99. The Morgan fingerprint density at radius 3 is 2.26 bits per heavy atom. The van der Waals surface area contributed by atoms with Crippen molar-refractivity contribution in [2.75, 3.05) is 22.5 Å². The number of carbonyl (C=O) groups is 1. The zero-order valence-electron chi connectivity index (χ0n) is 20.4. The van der Waals surface area contributed by atoms with Gasteiger partial charge in [-0.1, -0.05) is 31.2 Å². The summed E-state index contributed by atoms with van der Waals surface area (Å²) >= 11 is 0. The number of rotatable bonds is 9. The third-order valence-electron chi connectivity index (χ3n) is 5.72. The molecule has 0 bridgehead atoms. The van der Waals surface area contributed by atoms with E-state index in [1.54, 1.807) is 31.4 Å². The molecule has 0 aliphatic carbocycles. The molecule has 3 aromatic carbocycles. The van der Waals surface area contributed by atoms with Crippen LogP contribution in [-0.4, -0.2) is 27.2 Å². The second-order valence-electron chi connectivity index (χ2n) is 8.45. The van der Waals surface area contributed by atoms with E-state index in [2.05, 4.69) is 5.32 Å². The van der Waals surface area contributed by atoms with Gasteiger partial charge in [0.15, 0.2) is 0 Å². The van der Waals surface area contributed by atoms with Crippen LogP contribution in [0.4, 0.5) is 11.4 Å². The van der Waals surface area contributed by atoms with Crippen molar-refractivity contribution in [3.05, 3.63) is 88.5 Å². The molecule has 0 unspecified atom stereocenters. The number of hydrogen-bond acceptors (Lipinski definition) is 4. The van der Waals surface area contributed by atoms with Crippen LogP contribution in [0.1, 0.15) is 46.0 Å². The van der Waals surface area contributed by atoms with E-state index >= 15 is 0 Å². The van der Waals surface area contributed by atoms with Crippen LogP contribution in [0.15, 0.2) is 60.7 Å². The SMILES string of the molecule is CCCS(=O)(=O)N(Cc1ccc(C(=O)Nc2cc(C)ccc2OC)cc1)c1ccc(C)c(C)c1. The fraction of sp³-hybridized carbons (Fsp3) is 0.296. The Morgan fingerprint density at radius 1 is 0.941 bits per heavy atom. The monoisotopic (exact) mass is 480 g/mol. The summed E-state index contributed by atoms with van der Waals surface area (Å²) in [5.74, 6) is 0.388. The molecule has 34 heavy (non-hydrogen) atoms. The fourth-order valence-electron chi connectivity index (χ4n) is 3.64. The first-order valence-electron chi connectivity index (χ1n) is 11.3. The van der Waals surface area contributed by atoms with Crippen LogP contribution in [-0.2, 0) is 16.6 Å². The summed E-state index contributed by atoms with van der Waals surface area (Å²) < 4.78 is 32.9. The molecule has 180 valence electrons. The van der Waals surface area contributed by atoms with Crippen LogP contribution >= 0.6 is 0 Å². The summed E-state index contributed by atoms with van der Waals surface area (Å²) in [6, 6.07) is 18.2. The molecular weight excluding hydrogens is 448 g/mol. The highest BCUT2D eigenvalue weighted by Gasteiger charge is 2.22. The van der Waals surface area contributed by atoms with E-state index in [4.69, 9.17) is 4.74 Å². The molecule has 0 spiro atoms. The minimum Gasteiger partial charge on any atom is -0.495 e. The van der Waals surface area contributed by atoms with E-state index in [-0.39, 0.29) is 18.2 Å². The number of ether oxygens (including phenoxy) is 1. The van der Waals surface area contributed by atoms with Gasteiger partial charge in [0, 0.05) is 5.56 Å². The Balaban J connectivity index is 1.83. The first-order valence-corrected chi connectivity index (χ1v) is 12.9. The van der Waals surface area contributed by atoms with E-state index in [0.717, 1.165) is 22.3 Å². The quantitative estimate of drug-likeness (QED) is 0.431. The minimum absolute atomic E-state index is 0.0682. The van der Waals surface area contributed by atoms with Crippen molar-refractivity contribution in [3.63, 3.8) is 0 Å². The van der Waals surface area contributed by atoms with E-state index in [1.807, 2.05) is 64.1 Å². The summed E-state index contributed by atoms with van der Waals surface area (Å²) in [4.78, 5) is 12.8. The average molecular weight is 481 g/mol. The molecule has 3 rings (SSSR count). The van der Waals surface area contributed by atoms with Crippen LogP contribution < -0.4 is 14.4 Å². The average Bonchev–Trinajstić information content (AvgIpc) is 2.80. The fourth-order valence-corrected chi connectivity index (χ4v) is 5.16. The highest BCUT2D eigenvalue weighted by atomic mass is 32.2. The van der Waals surface area contributed by atoms with Crippen molar-refractivity contribution in [2.45, 2.75) is 40.7 Å². The second kappa shape index (κ2) is 10.7. The number of nitrogens with one attached hydrogen (secondary N) is 1. The Morgan fingerprint density at radius 2 is 1.65 bits per heavy atom. The molecular formula is C27H32N2O4S. The van der Waals surface area contributed by atoms with Crippen LogP contribution in [0.3, 0.4) is 0 Å². The third-order valence-corrected chi connectivity index (χ3v) is 7.66. The highest BCUT2D eigenvalue weighted by molar-refractivity contribution is 7.92. The van der Waals surface area contributed by atoms with E-state index in [0.29, 0.717) is 29.1 Å². The number of methoxy groups -OCH3 is 1. The maximum absolute atomic E-state index is 13.0. The summed E-state index contributed by atoms with van der Waals surface area (Å²) in [5.41, 5.74) is 5.66. The first-order chi connectivity index (χ1) is 16.1. The zero-order chi connectivity index (χ0) is 24.9. The summed E-state index contributed by atoms with van der Waals surface area (Å²) in [6.07, 6.45) is 0.533. The smallest absolute Gasteiger partial charge is 0.255 e. The normalized spacial score (nSPS) is 11.2. The lowest BCUT2D eigenvalue weighted by molar-refractivity contribution is 0.102. The molecule has 0 radical (unpaired) electrons. The van der Waals surface area contributed by atoms with E-state index in [1.165, 1.54) is 4.31 Å². The lowest BCUT2D eigenvalue weighted by Gasteiger charge is -2.25. The van der Waals surface area contributed by atoms with Gasteiger partial charge in [0.05, 0.1) is 30.8 Å². The van der Waals surface area contributed by atoms with Crippen molar-refractivity contribution in [1.82, 2.24) is 0 Å². The van der Waals surface area contributed by atoms with Crippen LogP contribution in [0.25, 0.3) is 0 Å². The number of aryl methyl sites for hydroxylation is 3. The largest absolute Gasteiger partial charge is 0.495 e. The zero-order valence-corrected chi connectivity index (χ0v) is 21.2. The molecule has 0 aliphatic rings. The van der Waals surface area contributed by atoms with Gasteiger partial charge in [-0.15, -0.1) is 0 Å². The molecule has 0 saturated heterocycles. The first kappa shape index (κ1) is 25.3. The summed E-state index contributed by atoms with van der Waals surface area (Å²) in [6.45, 7) is 7.96. The number of anilines is 2. The van der Waals surface area contributed by atoms with Gasteiger partial charge in [0.1, 0.15) is 5.75 Å². The molecule has 0 aromatic heterocycles.